The minimum Gasteiger partial charge on any atom is -0.336 e. The van der Waals surface area contributed by atoms with Crippen molar-refractivity contribution in [3.63, 3.8) is 0 Å². The van der Waals surface area contributed by atoms with Gasteiger partial charge in [-0.25, -0.2) is 4.79 Å². The van der Waals surface area contributed by atoms with Gasteiger partial charge in [-0.2, -0.15) is 0 Å². The third kappa shape index (κ3) is 1.90. The fourth-order valence-corrected chi connectivity index (χ4v) is 2.07. The van der Waals surface area contributed by atoms with Gasteiger partial charge in [0.15, 0.2) is 0 Å². The molecule has 0 aromatic heterocycles. The Balaban J connectivity index is 2.36. The number of amides is 2. The van der Waals surface area contributed by atoms with E-state index in [4.69, 9.17) is 0 Å². The molecular formula is C13H18N2O. The second-order valence-electron chi connectivity index (χ2n) is 4.25. The number of carbonyl (C=O) groups is 1. The van der Waals surface area contributed by atoms with Gasteiger partial charge in [0.25, 0.3) is 0 Å². The zero-order chi connectivity index (χ0) is 11.5. The van der Waals surface area contributed by atoms with Crippen molar-refractivity contribution in [2.75, 3.05) is 18.0 Å². The van der Waals surface area contributed by atoms with E-state index in [0.29, 0.717) is 5.92 Å². The first-order valence-electron chi connectivity index (χ1n) is 5.88. The Labute approximate surface area is 96.5 Å². The van der Waals surface area contributed by atoms with Crippen molar-refractivity contribution in [3.8, 4) is 0 Å². The summed E-state index contributed by atoms with van der Waals surface area (Å²) in [6.07, 6.45) is 1.09. The largest absolute Gasteiger partial charge is 0.336 e. The van der Waals surface area contributed by atoms with Gasteiger partial charge < -0.3 is 5.32 Å². The Kier molecular flexibility index (Phi) is 3.13. The first kappa shape index (κ1) is 11.0. The van der Waals surface area contributed by atoms with Crippen LogP contribution >= 0.6 is 0 Å². The van der Waals surface area contributed by atoms with Crippen LogP contribution in [0.25, 0.3) is 0 Å². The highest BCUT2D eigenvalue weighted by atomic mass is 16.2. The van der Waals surface area contributed by atoms with Gasteiger partial charge in [0, 0.05) is 18.8 Å². The standard InChI is InChI=1S/C13H18N2O/c1-3-10(2)11-6-4-5-7-12(11)15-9-8-14-13(15)16/h4-7,10H,3,8-9H2,1-2H3,(H,14,16). The molecule has 1 atom stereocenters. The van der Waals surface area contributed by atoms with Crippen molar-refractivity contribution in [1.29, 1.82) is 0 Å². The van der Waals surface area contributed by atoms with Crippen molar-refractivity contribution in [1.82, 2.24) is 5.32 Å². The van der Waals surface area contributed by atoms with Gasteiger partial charge in [-0.1, -0.05) is 32.0 Å². The van der Waals surface area contributed by atoms with E-state index < -0.39 is 0 Å². The maximum Gasteiger partial charge on any atom is 0.322 e. The number of urea groups is 1. The molecule has 0 aliphatic carbocycles. The molecule has 1 aromatic carbocycles. The minimum atomic E-state index is 0.0238. The number of rotatable bonds is 3. The van der Waals surface area contributed by atoms with Gasteiger partial charge in [-0.05, 0) is 24.0 Å². The molecule has 3 heteroatoms. The van der Waals surface area contributed by atoms with Crippen LogP contribution in [0.15, 0.2) is 24.3 Å². The third-order valence-corrected chi connectivity index (χ3v) is 3.23. The van der Waals surface area contributed by atoms with Gasteiger partial charge in [-0.15, -0.1) is 0 Å². The topological polar surface area (TPSA) is 32.3 Å². The van der Waals surface area contributed by atoms with E-state index in [9.17, 15) is 4.79 Å². The normalized spacial score (nSPS) is 17.4. The van der Waals surface area contributed by atoms with Crippen LogP contribution in [0.5, 0.6) is 0 Å². The highest BCUT2D eigenvalue weighted by Gasteiger charge is 2.24. The molecule has 1 unspecified atom stereocenters. The van der Waals surface area contributed by atoms with Gasteiger partial charge in [0.05, 0.1) is 0 Å². The molecule has 1 aliphatic rings. The number of para-hydroxylation sites is 1. The summed E-state index contributed by atoms with van der Waals surface area (Å²) in [6, 6.07) is 8.21. The predicted molar refractivity (Wildman–Crippen MR) is 65.9 cm³/mol. The molecule has 0 saturated carbocycles. The smallest absolute Gasteiger partial charge is 0.322 e. The van der Waals surface area contributed by atoms with Crippen LogP contribution in [0.1, 0.15) is 31.7 Å². The van der Waals surface area contributed by atoms with Crippen molar-refractivity contribution >= 4 is 11.7 Å². The third-order valence-electron chi connectivity index (χ3n) is 3.23. The molecule has 1 fully saturated rings. The van der Waals surface area contributed by atoms with E-state index in [0.717, 1.165) is 25.2 Å². The van der Waals surface area contributed by atoms with Crippen molar-refractivity contribution in [2.45, 2.75) is 26.2 Å². The number of carbonyl (C=O) groups excluding carboxylic acids is 1. The summed E-state index contributed by atoms with van der Waals surface area (Å²) in [6.45, 7) is 5.89. The van der Waals surface area contributed by atoms with E-state index >= 15 is 0 Å². The lowest BCUT2D eigenvalue weighted by atomic mass is 9.96. The van der Waals surface area contributed by atoms with Crippen LogP contribution in [0.4, 0.5) is 10.5 Å². The van der Waals surface area contributed by atoms with Gasteiger partial charge >= 0.3 is 6.03 Å². The first-order valence-corrected chi connectivity index (χ1v) is 5.88. The van der Waals surface area contributed by atoms with Crippen LogP contribution in [0.2, 0.25) is 0 Å². The lowest BCUT2D eigenvalue weighted by Gasteiger charge is -2.21. The van der Waals surface area contributed by atoms with Crippen LogP contribution in [-0.4, -0.2) is 19.1 Å². The Morgan fingerprint density at radius 3 is 2.81 bits per heavy atom. The highest BCUT2D eigenvalue weighted by molar-refractivity contribution is 5.94. The van der Waals surface area contributed by atoms with Crippen molar-refractivity contribution in [2.24, 2.45) is 0 Å². The summed E-state index contributed by atoms with van der Waals surface area (Å²) in [5.41, 5.74) is 2.33. The molecule has 16 heavy (non-hydrogen) atoms. The molecule has 1 heterocycles. The quantitative estimate of drug-likeness (QED) is 0.831. The number of benzene rings is 1. The monoisotopic (exact) mass is 218 g/mol. The molecule has 0 spiro atoms. The predicted octanol–water partition coefficient (Wildman–Crippen LogP) is 2.73. The summed E-state index contributed by atoms with van der Waals surface area (Å²) in [5.74, 6) is 0.490. The summed E-state index contributed by atoms with van der Waals surface area (Å²) in [5, 5.41) is 2.84. The Morgan fingerprint density at radius 1 is 1.44 bits per heavy atom. The number of nitrogens with zero attached hydrogens (tertiary/aromatic N) is 1. The van der Waals surface area contributed by atoms with Crippen LogP contribution in [0.3, 0.4) is 0 Å². The minimum absolute atomic E-state index is 0.0238. The Hall–Kier alpha value is -1.51. The van der Waals surface area contributed by atoms with E-state index in [1.54, 1.807) is 0 Å². The van der Waals surface area contributed by atoms with E-state index in [2.05, 4.69) is 25.2 Å². The fourth-order valence-electron chi connectivity index (χ4n) is 2.07. The molecular weight excluding hydrogens is 200 g/mol. The molecule has 3 nitrogen and oxygen atoms in total. The van der Waals surface area contributed by atoms with Gasteiger partial charge in [0.1, 0.15) is 0 Å². The SMILES string of the molecule is CCC(C)c1ccccc1N1CCNC1=O. The summed E-state index contributed by atoms with van der Waals surface area (Å²) in [4.78, 5) is 13.5. The van der Waals surface area contributed by atoms with Gasteiger partial charge in [-0.3, -0.25) is 4.90 Å². The Bertz CT molecular complexity index is 389. The molecule has 0 radical (unpaired) electrons. The molecule has 1 aromatic rings. The molecule has 0 bridgehead atoms. The molecule has 1 saturated heterocycles. The van der Waals surface area contributed by atoms with Crippen LogP contribution < -0.4 is 10.2 Å². The zero-order valence-electron chi connectivity index (χ0n) is 9.86. The first-order chi connectivity index (χ1) is 7.74. The summed E-state index contributed by atoms with van der Waals surface area (Å²) < 4.78 is 0. The van der Waals surface area contributed by atoms with E-state index in [1.165, 1.54) is 5.56 Å². The molecule has 2 amide bonds. The van der Waals surface area contributed by atoms with Crippen molar-refractivity contribution in [3.05, 3.63) is 29.8 Å². The molecule has 1 N–H and O–H groups in total. The number of nitrogens with one attached hydrogen (secondary N) is 1. The lowest BCUT2D eigenvalue weighted by Crippen LogP contribution is -2.28. The van der Waals surface area contributed by atoms with Crippen LogP contribution in [-0.2, 0) is 0 Å². The second-order valence-corrected chi connectivity index (χ2v) is 4.25. The average molecular weight is 218 g/mol. The Morgan fingerprint density at radius 2 is 2.19 bits per heavy atom. The summed E-state index contributed by atoms with van der Waals surface area (Å²) in [7, 11) is 0. The fraction of sp³-hybridized carbons (Fsp3) is 0.462. The highest BCUT2D eigenvalue weighted by Crippen LogP contribution is 2.30. The number of hydrogen-bond acceptors (Lipinski definition) is 1. The number of anilines is 1. The lowest BCUT2D eigenvalue weighted by molar-refractivity contribution is 0.252. The second kappa shape index (κ2) is 4.56. The maximum absolute atomic E-state index is 11.7. The number of hydrogen-bond donors (Lipinski definition) is 1. The van der Waals surface area contributed by atoms with Gasteiger partial charge in [0.2, 0.25) is 0 Å². The van der Waals surface area contributed by atoms with E-state index in [1.807, 2.05) is 23.1 Å². The van der Waals surface area contributed by atoms with E-state index in [-0.39, 0.29) is 6.03 Å². The maximum atomic E-state index is 11.7. The molecule has 2 rings (SSSR count). The summed E-state index contributed by atoms with van der Waals surface area (Å²) >= 11 is 0. The van der Waals surface area contributed by atoms with Crippen molar-refractivity contribution < 1.29 is 4.79 Å². The average Bonchev–Trinajstić information content (AvgIpc) is 2.74. The molecule has 1 aliphatic heterocycles. The molecule has 86 valence electrons. The zero-order valence-corrected chi connectivity index (χ0v) is 9.86. The van der Waals surface area contributed by atoms with Crippen LogP contribution in [0, 0.1) is 0 Å².